The number of rotatable bonds is 4. The first-order chi connectivity index (χ1) is 10.0. The number of thioether (sulfide) groups is 1. The van der Waals surface area contributed by atoms with E-state index in [-0.39, 0.29) is 5.82 Å². The Balaban J connectivity index is 2.19. The van der Waals surface area contributed by atoms with Crippen LogP contribution < -0.4 is 17.0 Å². The number of aryl methyl sites for hydroxylation is 1. The van der Waals surface area contributed by atoms with E-state index >= 15 is 0 Å². The highest BCUT2D eigenvalue weighted by atomic mass is 32.2. The smallest absolute Gasteiger partial charge is 0.265 e. The molecule has 0 aliphatic heterocycles. The van der Waals surface area contributed by atoms with Crippen molar-refractivity contribution in [1.82, 2.24) is 5.43 Å². The zero-order chi connectivity index (χ0) is 15.4. The molecule has 0 radical (unpaired) electrons. The molecule has 21 heavy (non-hydrogen) atoms. The van der Waals surface area contributed by atoms with Crippen LogP contribution in [-0.4, -0.2) is 5.91 Å². The summed E-state index contributed by atoms with van der Waals surface area (Å²) in [6.45, 7) is 1.92. The van der Waals surface area contributed by atoms with Crippen molar-refractivity contribution >= 4 is 23.4 Å². The van der Waals surface area contributed by atoms with E-state index in [0.29, 0.717) is 22.6 Å². The topological polar surface area (TPSA) is 81.1 Å². The van der Waals surface area contributed by atoms with Crippen molar-refractivity contribution in [3.63, 3.8) is 0 Å². The molecule has 2 aromatic carbocycles. The number of hydrazine groups is 1. The predicted octanol–water partition coefficient (Wildman–Crippen LogP) is 2.61. The first-order valence-corrected chi connectivity index (χ1v) is 7.28. The molecule has 2 rings (SSSR count). The number of hydrogen-bond donors (Lipinski definition) is 3. The molecular formula is C15H16FN3OS. The zero-order valence-corrected chi connectivity index (χ0v) is 12.3. The van der Waals surface area contributed by atoms with Gasteiger partial charge in [0.2, 0.25) is 0 Å². The number of carbonyl (C=O) groups excluding carboxylic acids is 1. The van der Waals surface area contributed by atoms with Gasteiger partial charge in [0.15, 0.2) is 0 Å². The van der Waals surface area contributed by atoms with E-state index in [1.54, 1.807) is 0 Å². The number of para-hydroxylation sites is 1. The number of halogens is 1. The third-order valence-corrected chi connectivity index (χ3v) is 4.23. The molecule has 0 bridgehead atoms. The highest BCUT2D eigenvalue weighted by Gasteiger charge is 2.10. The van der Waals surface area contributed by atoms with Gasteiger partial charge in [-0.05, 0) is 42.3 Å². The highest BCUT2D eigenvalue weighted by molar-refractivity contribution is 7.98. The number of carbonyl (C=O) groups is 1. The second kappa shape index (κ2) is 6.60. The van der Waals surface area contributed by atoms with E-state index in [1.165, 1.54) is 30.0 Å². The van der Waals surface area contributed by atoms with Crippen molar-refractivity contribution in [2.24, 2.45) is 5.84 Å². The average molecular weight is 305 g/mol. The molecule has 0 aliphatic rings. The monoisotopic (exact) mass is 305 g/mol. The summed E-state index contributed by atoms with van der Waals surface area (Å²) in [5, 5.41) is 0. The molecule has 0 spiro atoms. The van der Waals surface area contributed by atoms with Crippen molar-refractivity contribution in [2.75, 3.05) is 5.73 Å². The molecule has 2 aromatic rings. The average Bonchev–Trinajstić information content (AvgIpc) is 2.49. The van der Waals surface area contributed by atoms with E-state index in [4.69, 9.17) is 11.6 Å². The summed E-state index contributed by atoms with van der Waals surface area (Å²) in [6, 6.07) is 9.87. The maximum atomic E-state index is 13.8. The lowest BCUT2D eigenvalue weighted by molar-refractivity contribution is 0.0953. The van der Waals surface area contributed by atoms with E-state index in [1.807, 2.05) is 30.5 Å². The summed E-state index contributed by atoms with van der Waals surface area (Å²) in [7, 11) is 0. The third kappa shape index (κ3) is 3.53. The minimum absolute atomic E-state index is 0.326. The van der Waals surface area contributed by atoms with Gasteiger partial charge in [0.1, 0.15) is 5.82 Å². The Hall–Kier alpha value is -2.05. The Morgan fingerprint density at radius 1 is 1.33 bits per heavy atom. The van der Waals surface area contributed by atoms with Gasteiger partial charge >= 0.3 is 0 Å². The molecule has 0 saturated heterocycles. The van der Waals surface area contributed by atoms with Crippen molar-refractivity contribution in [2.45, 2.75) is 17.6 Å². The van der Waals surface area contributed by atoms with Crippen molar-refractivity contribution in [3.8, 4) is 0 Å². The molecule has 0 fully saturated rings. The third-order valence-electron chi connectivity index (χ3n) is 3.11. The molecular weight excluding hydrogens is 289 g/mol. The minimum atomic E-state index is -0.448. The first-order valence-electron chi connectivity index (χ1n) is 6.30. The van der Waals surface area contributed by atoms with Gasteiger partial charge < -0.3 is 5.73 Å². The van der Waals surface area contributed by atoms with Gasteiger partial charge in [0.05, 0.1) is 0 Å². The van der Waals surface area contributed by atoms with Crippen LogP contribution in [-0.2, 0) is 5.75 Å². The number of anilines is 1. The standard InChI is InChI=1S/C15H16FN3OS/c1-9-3-2-4-13(14(9)17)21-8-11-7-10(15(20)19-18)5-6-12(11)16/h2-7H,8,17-18H2,1H3,(H,19,20). The van der Waals surface area contributed by atoms with Crippen LogP contribution in [0.3, 0.4) is 0 Å². The van der Waals surface area contributed by atoms with Crippen LogP contribution in [0.4, 0.5) is 10.1 Å². The van der Waals surface area contributed by atoms with Gasteiger partial charge in [-0.25, -0.2) is 10.2 Å². The summed E-state index contributed by atoms with van der Waals surface area (Å²) in [6.07, 6.45) is 0. The molecule has 4 nitrogen and oxygen atoms in total. The lowest BCUT2D eigenvalue weighted by Crippen LogP contribution is -2.30. The Labute approximate surface area is 126 Å². The minimum Gasteiger partial charge on any atom is -0.398 e. The van der Waals surface area contributed by atoms with Crippen molar-refractivity contribution in [3.05, 3.63) is 58.9 Å². The van der Waals surface area contributed by atoms with Crippen LogP contribution in [0.1, 0.15) is 21.5 Å². The van der Waals surface area contributed by atoms with Crippen molar-refractivity contribution in [1.29, 1.82) is 0 Å². The van der Waals surface area contributed by atoms with Crippen LogP contribution in [0.2, 0.25) is 0 Å². The number of nitrogens with one attached hydrogen (secondary N) is 1. The van der Waals surface area contributed by atoms with Gasteiger partial charge in [-0.15, -0.1) is 11.8 Å². The summed E-state index contributed by atoms with van der Waals surface area (Å²) in [5.41, 5.74) is 10.5. The molecule has 0 atom stereocenters. The number of nitrogen functional groups attached to an aromatic ring is 2. The van der Waals surface area contributed by atoms with Crippen molar-refractivity contribution < 1.29 is 9.18 Å². The normalized spacial score (nSPS) is 10.4. The van der Waals surface area contributed by atoms with Crippen LogP contribution in [0.25, 0.3) is 0 Å². The van der Waals surface area contributed by atoms with Gasteiger partial charge in [0.25, 0.3) is 5.91 Å². The molecule has 6 heteroatoms. The highest BCUT2D eigenvalue weighted by Crippen LogP contribution is 2.30. The summed E-state index contributed by atoms with van der Waals surface area (Å²) in [5.74, 6) is 4.65. The van der Waals surface area contributed by atoms with Crippen LogP contribution >= 0.6 is 11.8 Å². The van der Waals surface area contributed by atoms with E-state index in [9.17, 15) is 9.18 Å². The Morgan fingerprint density at radius 3 is 2.81 bits per heavy atom. The SMILES string of the molecule is Cc1cccc(SCc2cc(C(=O)NN)ccc2F)c1N. The quantitative estimate of drug-likeness (QED) is 0.267. The van der Waals surface area contributed by atoms with Gasteiger partial charge in [0, 0.05) is 21.9 Å². The lowest BCUT2D eigenvalue weighted by atomic mass is 10.1. The number of benzene rings is 2. The van der Waals surface area contributed by atoms with E-state index < -0.39 is 5.91 Å². The Kier molecular flexibility index (Phi) is 4.82. The van der Waals surface area contributed by atoms with E-state index in [2.05, 4.69) is 0 Å². The van der Waals surface area contributed by atoms with Gasteiger partial charge in [-0.3, -0.25) is 10.2 Å². The fourth-order valence-electron chi connectivity index (χ4n) is 1.85. The molecule has 1 amide bonds. The summed E-state index contributed by atoms with van der Waals surface area (Å²) < 4.78 is 13.8. The largest absolute Gasteiger partial charge is 0.398 e. The van der Waals surface area contributed by atoms with Gasteiger partial charge in [-0.1, -0.05) is 12.1 Å². The molecule has 0 saturated carbocycles. The number of hydrogen-bond acceptors (Lipinski definition) is 4. The van der Waals surface area contributed by atoms with Crippen LogP contribution in [0, 0.1) is 12.7 Å². The summed E-state index contributed by atoms with van der Waals surface area (Å²) in [4.78, 5) is 12.4. The molecule has 110 valence electrons. The predicted molar refractivity (Wildman–Crippen MR) is 83.2 cm³/mol. The second-order valence-electron chi connectivity index (χ2n) is 4.56. The summed E-state index contributed by atoms with van der Waals surface area (Å²) >= 11 is 1.43. The molecule has 0 unspecified atom stereocenters. The lowest BCUT2D eigenvalue weighted by Gasteiger charge is -2.09. The maximum absolute atomic E-state index is 13.8. The van der Waals surface area contributed by atoms with Crippen LogP contribution in [0.5, 0.6) is 0 Å². The Morgan fingerprint density at radius 2 is 2.10 bits per heavy atom. The maximum Gasteiger partial charge on any atom is 0.265 e. The van der Waals surface area contributed by atoms with E-state index in [0.717, 1.165) is 10.5 Å². The van der Waals surface area contributed by atoms with Gasteiger partial charge in [-0.2, -0.15) is 0 Å². The molecule has 0 heterocycles. The molecule has 0 aromatic heterocycles. The second-order valence-corrected chi connectivity index (χ2v) is 5.57. The number of amides is 1. The fourth-order valence-corrected chi connectivity index (χ4v) is 2.87. The Bertz CT molecular complexity index is 676. The number of nitrogens with two attached hydrogens (primary N) is 2. The molecule has 0 aliphatic carbocycles. The zero-order valence-electron chi connectivity index (χ0n) is 11.5. The fraction of sp³-hybridized carbons (Fsp3) is 0.133. The molecule has 5 N–H and O–H groups in total. The van der Waals surface area contributed by atoms with Crippen LogP contribution in [0.15, 0.2) is 41.3 Å². The first kappa shape index (κ1) is 15.3.